The number of hydrogen-bond donors (Lipinski definition) is 2. The smallest absolute Gasteiger partial charge is 0.179 e. The first-order chi connectivity index (χ1) is 10.7. The second-order valence-electron chi connectivity index (χ2n) is 6.29. The van der Waals surface area contributed by atoms with E-state index in [2.05, 4.69) is 9.88 Å². The number of fused-ring (bicyclic) bond motifs is 1. The maximum absolute atomic E-state index is 12.5. The molecule has 0 saturated carbocycles. The van der Waals surface area contributed by atoms with E-state index >= 15 is 0 Å². The van der Waals surface area contributed by atoms with E-state index in [0.29, 0.717) is 5.56 Å². The largest absolute Gasteiger partial charge is 0.361 e. The average molecular weight is 299 g/mol. The van der Waals surface area contributed by atoms with Crippen molar-refractivity contribution in [2.24, 2.45) is 5.73 Å². The Morgan fingerprint density at radius 2 is 1.95 bits per heavy atom. The van der Waals surface area contributed by atoms with Gasteiger partial charge in [-0.1, -0.05) is 25.0 Å². The molecule has 1 saturated heterocycles. The zero-order valence-electron chi connectivity index (χ0n) is 13.1. The molecule has 1 aromatic heterocycles. The van der Waals surface area contributed by atoms with Crippen molar-refractivity contribution < 1.29 is 4.79 Å². The van der Waals surface area contributed by atoms with Gasteiger partial charge >= 0.3 is 0 Å². The van der Waals surface area contributed by atoms with Crippen LogP contribution >= 0.6 is 0 Å². The lowest BCUT2D eigenvalue weighted by molar-refractivity contribution is 0.0950. The van der Waals surface area contributed by atoms with Gasteiger partial charge in [-0.3, -0.25) is 4.79 Å². The SMILES string of the molecule is NC(CCN1CCCCCC1)C(=O)c1ccc2cc[nH]c2c1. The third kappa shape index (κ3) is 3.57. The zero-order valence-corrected chi connectivity index (χ0v) is 13.1. The Balaban J connectivity index is 1.58. The quantitative estimate of drug-likeness (QED) is 0.834. The number of likely N-dealkylation sites (tertiary alicyclic amines) is 1. The van der Waals surface area contributed by atoms with E-state index in [1.165, 1.54) is 25.7 Å². The Hall–Kier alpha value is -1.65. The Kier molecular flexibility index (Phi) is 4.90. The van der Waals surface area contributed by atoms with Crippen LogP contribution in [-0.4, -0.2) is 41.3 Å². The van der Waals surface area contributed by atoms with Crippen LogP contribution in [0.15, 0.2) is 30.5 Å². The van der Waals surface area contributed by atoms with Crippen LogP contribution in [0, 0.1) is 0 Å². The molecule has 2 aromatic rings. The minimum Gasteiger partial charge on any atom is -0.361 e. The predicted molar refractivity (Wildman–Crippen MR) is 90.1 cm³/mol. The monoisotopic (exact) mass is 299 g/mol. The molecule has 1 atom stereocenters. The van der Waals surface area contributed by atoms with Gasteiger partial charge in [-0.25, -0.2) is 0 Å². The minimum atomic E-state index is -0.407. The molecule has 4 heteroatoms. The lowest BCUT2D eigenvalue weighted by Gasteiger charge is -2.21. The predicted octanol–water partition coefficient (Wildman–Crippen LogP) is 2.94. The second-order valence-corrected chi connectivity index (χ2v) is 6.29. The third-order valence-electron chi connectivity index (χ3n) is 4.63. The normalized spacial score (nSPS) is 18.2. The summed E-state index contributed by atoms with van der Waals surface area (Å²) in [7, 11) is 0. The van der Waals surface area contributed by atoms with E-state index in [1.54, 1.807) is 0 Å². The molecule has 3 rings (SSSR count). The van der Waals surface area contributed by atoms with Gasteiger partial charge in [-0.05, 0) is 49.9 Å². The Bertz CT molecular complexity index is 626. The van der Waals surface area contributed by atoms with E-state index in [-0.39, 0.29) is 5.78 Å². The van der Waals surface area contributed by atoms with Crippen LogP contribution < -0.4 is 5.73 Å². The molecule has 1 aromatic carbocycles. The first kappa shape index (κ1) is 15.3. The molecule has 1 unspecified atom stereocenters. The highest BCUT2D eigenvalue weighted by atomic mass is 16.1. The fourth-order valence-electron chi connectivity index (χ4n) is 3.23. The summed E-state index contributed by atoms with van der Waals surface area (Å²) in [5.74, 6) is 0.0475. The van der Waals surface area contributed by atoms with Gasteiger partial charge < -0.3 is 15.6 Å². The molecule has 118 valence electrons. The van der Waals surface area contributed by atoms with Crippen molar-refractivity contribution >= 4 is 16.7 Å². The molecule has 4 nitrogen and oxygen atoms in total. The fraction of sp³-hybridized carbons (Fsp3) is 0.500. The number of nitrogens with two attached hydrogens (primary N) is 1. The Morgan fingerprint density at radius 1 is 1.18 bits per heavy atom. The number of rotatable bonds is 5. The highest BCUT2D eigenvalue weighted by Gasteiger charge is 2.18. The number of benzene rings is 1. The number of aromatic nitrogens is 1. The number of nitrogens with one attached hydrogen (secondary N) is 1. The third-order valence-corrected chi connectivity index (χ3v) is 4.63. The molecule has 0 bridgehead atoms. The minimum absolute atomic E-state index is 0.0475. The van der Waals surface area contributed by atoms with Crippen molar-refractivity contribution in [3.8, 4) is 0 Å². The zero-order chi connectivity index (χ0) is 15.4. The van der Waals surface area contributed by atoms with E-state index in [0.717, 1.165) is 37.0 Å². The molecule has 0 radical (unpaired) electrons. The summed E-state index contributed by atoms with van der Waals surface area (Å²) in [5.41, 5.74) is 7.84. The van der Waals surface area contributed by atoms with Crippen LogP contribution in [0.2, 0.25) is 0 Å². The molecule has 1 aliphatic heterocycles. The van der Waals surface area contributed by atoms with Crippen molar-refractivity contribution in [1.29, 1.82) is 0 Å². The summed E-state index contributed by atoms with van der Waals surface area (Å²) in [4.78, 5) is 18.1. The summed E-state index contributed by atoms with van der Waals surface area (Å²) in [6, 6.07) is 7.35. The van der Waals surface area contributed by atoms with Crippen molar-refractivity contribution in [2.45, 2.75) is 38.1 Å². The molecule has 1 fully saturated rings. The molecule has 3 N–H and O–H groups in total. The molecule has 22 heavy (non-hydrogen) atoms. The summed E-state index contributed by atoms with van der Waals surface area (Å²) < 4.78 is 0. The number of Topliss-reactive ketones (excluding diaryl/α,β-unsaturated/α-hetero) is 1. The van der Waals surface area contributed by atoms with Crippen LogP contribution in [0.4, 0.5) is 0 Å². The van der Waals surface area contributed by atoms with Gasteiger partial charge in [0.05, 0.1) is 6.04 Å². The van der Waals surface area contributed by atoms with E-state index in [1.807, 2.05) is 30.5 Å². The van der Waals surface area contributed by atoms with Crippen molar-refractivity contribution in [3.63, 3.8) is 0 Å². The number of ketones is 1. The Morgan fingerprint density at radius 3 is 2.73 bits per heavy atom. The van der Waals surface area contributed by atoms with Gasteiger partial charge in [0, 0.05) is 23.8 Å². The molecule has 2 heterocycles. The van der Waals surface area contributed by atoms with Crippen LogP contribution in [0.1, 0.15) is 42.5 Å². The lowest BCUT2D eigenvalue weighted by Crippen LogP contribution is -2.36. The van der Waals surface area contributed by atoms with Crippen LogP contribution in [0.3, 0.4) is 0 Å². The maximum atomic E-state index is 12.5. The number of carbonyl (C=O) groups excluding carboxylic acids is 1. The molecular weight excluding hydrogens is 274 g/mol. The first-order valence-electron chi connectivity index (χ1n) is 8.33. The Labute approximate surface area is 131 Å². The number of hydrogen-bond acceptors (Lipinski definition) is 3. The highest BCUT2D eigenvalue weighted by Crippen LogP contribution is 2.16. The number of carbonyl (C=O) groups is 1. The molecule has 1 aliphatic rings. The second kappa shape index (κ2) is 7.07. The summed E-state index contributed by atoms with van der Waals surface area (Å²) in [6.07, 6.45) is 7.83. The van der Waals surface area contributed by atoms with Crippen molar-refractivity contribution in [3.05, 3.63) is 36.0 Å². The van der Waals surface area contributed by atoms with E-state index in [4.69, 9.17) is 5.73 Å². The number of nitrogens with zero attached hydrogens (tertiary/aromatic N) is 1. The topological polar surface area (TPSA) is 62.1 Å². The summed E-state index contributed by atoms with van der Waals surface area (Å²) >= 11 is 0. The molecule has 0 spiro atoms. The van der Waals surface area contributed by atoms with Crippen LogP contribution in [0.5, 0.6) is 0 Å². The van der Waals surface area contributed by atoms with Gasteiger partial charge in [-0.2, -0.15) is 0 Å². The van der Waals surface area contributed by atoms with Gasteiger partial charge in [0.2, 0.25) is 0 Å². The molecule has 0 amide bonds. The number of aromatic amines is 1. The fourth-order valence-corrected chi connectivity index (χ4v) is 3.23. The number of H-pyrrole nitrogens is 1. The van der Waals surface area contributed by atoms with Gasteiger partial charge in [0.1, 0.15) is 0 Å². The van der Waals surface area contributed by atoms with Gasteiger partial charge in [0.15, 0.2) is 5.78 Å². The standard InChI is InChI=1S/C18H25N3O/c19-16(8-12-21-10-3-1-2-4-11-21)18(22)15-6-5-14-7-9-20-17(14)13-15/h5-7,9,13,16,20H,1-4,8,10-12,19H2. The van der Waals surface area contributed by atoms with Crippen LogP contribution in [0.25, 0.3) is 10.9 Å². The van der Waals surface area contributed by atoms with E-state index < -0.39 is 6.04 Å². The average Bonchev–Trinajstić information content (AvgIpc) is 2.85. The molecular formula is C18H25N3O. The summed E-state index contributed by atoms with van der Waals surface area (Å²) in [6.45, 7) is 3.22. The molecule has 0 aliphatic carbocycles. The maximum Gasteiger partial charge on any atom is 0.179 e. The van der Waals surface area contributed by atoms with Gasteiger partial charge in [0.25, 0.3) is 0 Å². The summed E-state index contributed by atoms with van der Waals surface area (Å²) in [5, 5.41) is 1.12. The van der Waals surface area contributed by atoms with Crippen molar-refractivity contribution in [1.82, 2.24) is 9.88 Å². The first-order valence-corrected chi connectivity index (χ1v) is 8.33. The van der Waals surface area contributed by atoms with Crippen molar-refractivity contribution in [2.75, 3.05) is 19.6 Å². The van der Waals surface area contributed by atoms with Gasteiger partial charge in [-0.15, -0.1) is 0 Å². The van der Waals surface area contributed by atoms with Crippen LogP contribution in [-0.2, 0) is 0 Å². The highest BCUT2D eigenvalue weighted by molar-refractivity contribution is 6.02. The van der Waals surface area contributed by atoms with E-state index in [9.17, 15) is 4.79 Å². The lowest BCUT2D eigenvalue weighted by atomic mass is 10.0.